The molecule has 1 unspecified atom stereocenters. The predicted octanol–water partition coefficient (Wildman–Crippen LogP) is 4.88. The number of rotatable bonds is 8. The molecule has 1 atom stereocenters. The standard InChI is InChI=1S/C26H28ClN5O2S/c1-4-31(5-2)25(34)23-17(3)30-26-32(24(23)19-8-10-20(27)11-9-19)21(16-35-26)13-22(33)29-15-18-7-6-12-28-14-18/h6-12,14,16,24H,4-5,13,15H2,1-3H3,(H,29,33). The number of fused-ring (bicyclic) bond motifs is 1. The Morgan fingerprint density at radius 3 is 2.57 bits per heavy atom. The molecule has 0 saturated heterocycles. The van der Waals surface area contributed by atoms with Gasteiger partial charge in [0.25, 0.3) is 5.91 Å². The molecule has 1 aromatic heterocycles. The summed E-state index contributed by atoms with van der Waals surface area (Å²) >= 11 is 7.64. The highest BCUT2D eigenvalue weighted by atomic mass is 35.5. The van der Waals surface area contributed by atoms with E-state index in [9.17, 15) is 9.59 Å². The van der Waals surface area contributed by atoms with Crippen LogP contribution in [0.15, 0.2) is 76.2 Å². The summed E-state index contributed by atoms with van der Waals surface area (Å²) in [6.45, 7) is 7.42. The van der Waals surface area contributed by atoms with Gasteiger partial charge in [0.05, 0.1) is 23.7 Å². The van der Waals surface area contributed by atoms with Crippen molar-refractivity contribution in [2.75, 3.05) is 13.1 Å². The van der Waals surface area contributed by atoms with Crippen LogP contribution in [-0.2, 0) is 16.1 Å². The van der Waals surface area contributed by atoms with Gasteiger partial charge >= 0.3 is 0 Å². The van der Waals surface area contributed by atoms with E-state index in [0.29, 0.717) is 35.9 Å². The molecule has 0 saturated carbocycles. The molecular formula is C26H28ClN5O2S. The molecule has 0 spiro atoms. The quantitative estimate of drug-likeness (QED) is 0.548. The summed E-state index contributed by atoms with van der Waals surface area (Å²) in [5.74, 6) is -0.160. The summed E-state index contributed by atoms with van der Waals surface area (Å²) in [5, 5.41) is 6.29. The Bertz CT molecular complexity index is 1190. The monoisotopic (exact) mass is 509 g/mol. The lowest BCUT2D eigenvalue weighted by molar-refractivity contribution is -0.127. The van der Waals surface area contributed by atoms with Gasteiger partial charge in [-0.05, 0) is 55.5 Å². The van der Waals surface area contributed by atoms with Crippen LogP contribution < -0.4 is 5.32 Å². The molecule has 2 aromatic rings. The number of amides is 2. The van der Waals surface area contributed by atoms with Gasteiger partial charge in [0.2, 0.25) is 5.91 Å². The molecule has 2 aliphatic rings. The summed E-state index contributed by atoms with van der Waals surface area (Å²) in [4.78, 5) is 39.2. The number of likely N-dealkylation sites (N-methyl/N-ethyl adjacent to an activating group) is 1. The van der Waals surface area contributed by atoms with E-state index in [0.717, 1.165) is 22.0 Å². The van der Waals surface area contributed by atoms with Gasteiger partial charge in [-0.15, -0.1) is 0 Å². The van der Waals surface area contributed by atoms with Crippen LogP contribution in [0, 0.1) is 0 Å². The van der Waals surface area contributed by atoms with Crippen molar-refractivity contribution in [2.24, 2.45) is 4.99 Å². The van der Waals surface area contributed by atoms with Crippen molar-refractivity contribution in [3.05, 3.63) is 87.3 Å². The normalized spacial score (nSPS) is 17.0. The van der Waals surface area contributed by atoms with E-state index in [1.54, 1.807) is 17.3 Å². The van der Waals surface area contributed by atoms with E-state index >= 15 is 0 Å². The first-order chi connectivity index (χ1) is 16.9. The van der Waals surface area contributed by atoms with Crippen LogP contribution in [0.5, 0.6) is 0 Å². The van der Waals surface area contributed by atoms with Crippen LogP contribution >= 0.6 is 23.4 Å². The van der Waals surface area contributed by atoms with E-state index < -0.39 is 6.04 Å². The van der Waals surface area contributed by atoms with Crippen LogP contribution in [-0.4, -0.2) is 44.9 Å². The summed E-state index contributed by atoms with van der Waals surface area (Å²) in [6, 6.07) is 10.9. The summed E-state index contributed by atoms with van der Waals surface area (Å²) < 4.78 is 0. The van der Waals surface area contributed by atoms with E-state index in [1.807, 2.05) is 67.5 Å². The number of pyridine rings is 1. The van der Waals surface area contributed by atoms with Crippen molar-refractivity contribution in [2.45, 2.75) is 39.8 Å². The van der Waals surface area contributed by atoms with Crippen LogP contribution in [0.3, 0.4) is 0 Å². The highest BCUT2D eigenvalue weighted by Crippen LogP contribution is 2.45. The van der Waals surface area contributed by atoms with E-state index in [2.05, 4.69) is 10.3 Å². The van der Waals surface area contributed by atoms with Gasteiger partial charge in [-0.3, -0.25) is 14.6 Å². The Labute approximate surface area is 215 Å². The average Bonchev–Trinajstić information content (AvgIpc) is 3.25. The minimum atomic E-state index is -0.403. The molecule has 3 heterocycles. The van der Waals surface area contributed by atoms with Crippen LogP contribution in [0.2, 0.25) is 5.02 Å². The summed E-state index contributed by atoms with van der Waals surface area (Å²) in [6.07, 6.45) is 3.60. The van der Waals surface area contributed by atoms with Crippen molar-refractivity contribution in [3.8, 4) is 0 Å². The number of aromatic nitrogens is 1. The van der Waals surface area contributed by atoms with E-state index in [-0.39, 0.29) is 18.2 Å². The number of hydrogen-bond donors (Lipinski definition) is 1. The second kappa shape index (κ2) is 11.1. The second-order valence-electron chi connectivity index (χ2n) is 8.24. The lowest BCUT2D eigenvalue weighted by Crippen LogP contribution is -2.42. The maximum absolute atomic E-state index is 13.6. The Hall–Kier alpha value is -3.10. The Kier molecular flexibility index (Phi) is 7.93. The van der Waals surface area contributed by atoms with E-state index in [4.69, 9.17) is 16.6 Å². The van der Waals surface area contributed by atoms with Crippen molar-refractivity contribution < 1.29 is 9.59 Å². The molecule has 4 rings (SSSR count). The summed E-state index contributed by atoms with van der Waals surface area (Å²) in [7, 11) is 0. The third-order valence-corrected chi connectivity index (χ3v) is 7.16. The number of halogens is 1. The van der Waals surface area contributed by atoms with Crippen molar-refractivity contribution in [1.82, 2.24) is 20.1 Å². The number of benzene rings is 1. The maximum atomic E-state index is 13.6. The molecule has 9 heteroatoms. The third kappa shape index (κ3) is 5.44. The van der Waals surface area contributed by atoms with Crippen molar-refractivity contribution >= 4 is 40.3 Å². The fourth-order valence-electron chi connectivity index (χ4n) is 4.22. The lowest BCUT2D eigenvalue weighted by atomic mass is 9.92. The Balaban J connectivity index is 1.64. The molecule has 1 aromatic carbocycles. The number of nitrogens with zero attached hydrogens (tertiary/aromatic N) is 4. The SMILES string of the molecule is CCN(CC)C(=O)C1=C(C)N=C2SC=C(CC(=O)NCc3cccnc3)N2C1c1ccc(Cl)cc1. The number of carbonyl (C=O) groups excluding carboxylic acids is 2. The molecular weight excluding hydrogens is 482 g/mol. The fraction of sp³-hybridized carbons (Fsp3) is 0.308. The number of allylic oxidation sites excluding steroid dienone is 1. The Morgan fingerprint density at radius 2 is 1.91 bits per heavy atom. The zero-order valence-corrected chi connectivity index (χ0v) is 21.6. The van der Waals surface area contributed by atoms with Crippen LogP contribution in [0.25, 0.3) is 0 Å². The largest absolute Gasteiger partial charge is 0.352 e. The lowest BCUT2D eigenvalue weighted by Gasteiger charge is -2.38. The molecule has 0 aliphatic carbocycles. The molecule has 7 nitrogen and oxygen atoms in total. The molecule has 2 aliphatic heterocycles. The first-order valence-electron chi connectivity index (χ1n) is 11.6. The molecule has 0 radical (unpaired) electrons. The van der Waals surface area contributed by atoms with Gasteiger partial charge in [-0.2, -0.15) is 0 Å². The second-order valence-corrected chi connectivity index (χ2v) is 9.51. The fourth-order valence-corrected chi connectivity index (χ4v) is 5.31. The third-order valence-electron chi connectivity index (χ3n) is 6.02. The van der Waals surface area contributed by atoms with Crippen LogP contribution in [0.4, 0.5) is 0 Å². The number of thioether (sulfide) groups is 1. The van der Waals surface area contributed by atoms with Gasteiger partial charge in [0, 0.05) is 42.7 Å². The number of amidine groups is 1. The molecule has 0 fully saturated rings. The molecule has 0 bridgehead atoms. The van der Waals surface area contributed by atoms with Gasteiger partial charge in [-0.25, -0.2) is 4.99 Å². The van der Waals surface area contributed by atoms with Crippen molar-refractivity contribution in [3.63, 3.8) is 0 Å². The zero-order chi connectivity index (χ0) is 24.9. The van der Waals surface area contributed by atoms with E-state index in [1.165, 1.54) is 11.8 Å². The number of aliphatic imine (C=N–C) groups is 1. The van der Waals surface area contributed by atoms with Gasteiger partial charge in [0.1, 0.15) is 0 Å². The molecule has 35 heavy (non-hydrogen) atoms. The number of nitrogens with one attached hydrogen (secondary N) is 1. The molecule has 1 N–H and O–H groups in total. The van der Waals surface area contributed by atoms with Gasteiger partial charge < -0.3 is 15.1 Å². The first-order valence-corrected chi connectivity index (χ1v) is 12.8. The highest BCUT2D eigenvalue weighted by Gasteiger charge is 2.41. The predicted molar refractivity (Wildman–Crippen MR) is 140 cm³/mol. The van der Waals surface area contributed by atoms with Crippen molar-refractivity contribution in [1.29, 1.82) is 0 Å². The first kappa shape index (κ1) is 25.0. The smallest absolute Gasteiger partial charge is 0.254 e. The topological polar surface area (TPSA) is 77.9 Å². The number of carbonyl (C=O) groups is 2. The zero-order valence-electron chi connectivity index (χ0n) is 20.0. The van der Waals surface area contributed by atoms with Gasteiger partial charge in [-0.1, -0.05) is 41.6 Å². The molecule has 2 amide bonds. The maximum Gasteiger partial charge on any atom is 0.254 e. The average molecular weight is 510 g/mol. The Morgan fingerprint density at radius 1 is 1.17 bits per heavy atom. The minimum absolute atomic E-state index is 0.0486. The number of hydrogen-bond acceptors (Lipinski definition) is 6. The van der Waals surface area contributed by atoms with Gasteiger partial charge in [0.15, 0.2) is 5.17 Å². The molecule has 182 valence electrons. The minimum Gasteiger partial charge on any atom is -0.352 e. The van der Waals surface area contributed by atoms with Crippen LogP contribution in [0.1, 0.15) is 44.4 Å². The highest BCUT2D eigenvalue weighted by molar-refractivity contribution is 8.16. The summed E-state index contributed by atoms with van der Waals surface area (Å²) in [5.41, 5.74) is 3.95.